The molecule has 3 aromatic heterocycles. The van der Waals surface area contributed by atoms with E-state index in [9.17, 15) is 0 Å². The summed E-state index contributed by atoms with van der Waals surface area (Å²) >= 11 is 0. The minimum atomic E-state index is 0.617. The van der Waals surface area contributed by atoms with Crippen molar-refractivity contribution in [1.82, 2.24) is 24.5 Å². The number of para-hydroxylation sites is 3. The largest absolute Gasteiger partial charge is 0.309 e. The fourth-order valence-corrected chi connectivity index (χ4v) is 8.19. The highest BCUT2D eigenvalue weighted by atomic mass is 15.0. The van der Waals surface area contributed by atoms with Crippen LogP contribution >= 0.6 is 0 Å². The van der Waals surface area contributed by atoms with E-state index >= 15 is 0 Å². The number of pyridine rings is 1. The maximum atomic E-state index is 5.15. The van der Waals surface area contributed by atoms with Gasteiger partial charge in [0.1, 0.15) is 0 Å². The van der Waals surface area contributed by atoms with Crippen LogP contribution < -0.4 is 0 Å². The van der Waals surface area contributed by atoms with Gasteiger partial charge in [0.15, 0.2) is 17.5 Å². The zero-order valence-electron chi connectivity index (χ0n) is 30.8. The molecule has 11 aromatic rings. The zero-order valence-corrected chi connectivity index (χ0v) is 30.8. The molecule has 0 saturated carbocycles. The summed E-state index contributed by atoms with van der Waals surface area (Å²) < 4.78 is 2.32. The van der Waals surface area contributed by atoms with Crippen molar-refractivity contribution in [2.24, 2.45) is 0 Å². The molecule has 0 fully saturated rings. The highest BCUT2D eigenvalue weighted by molar-refractivity contribution is 6.17. The normalized spacial score (nSPS) is 11.5. The van der Waals surface area contributed by atoms with Crippen molar-refractivity contribution >= 4 is 43.5 Å². The van der Waals surface area contributed by atoms with E-state index in [1.54, 1.807) is 0 Å². The van der Waals surface area contributed by atoms with E-state index in [4.69, 9.17) is 19.9 Å². The molecule has 0 aliphatic carbocycles. The van der Waals surface area contributed by atoms with Crippen LogP contribution in [0.15, 0.2) is 200 Å². The minimum absolute atomic E-state index is 0.617. The Morgan fingerprint density at radius 1 is 0.316 bits per heavy atom. The Morgan fingerprint density at radius 2 is 0.807 bits per heavy atom. The maximum Gasteiger partial charge on any atom is 0.164 e. The Bertz CT molecular complexity index is 3230. The Hall–Kier alpha value is -7.76. The van der Waals surface area contributed by atoms with E-state index in [1.165, 1.54) is 16.2 Å². The van der Waals surface area contributed by atoms with Crippen LogP contribution in [0.5, 0.6) is 0 Å². The Morgan fingerprint density at radius 3 is 1.49 bits per heavy atom. The number of benzene rings is 8. The lowest BCUT2D eigenvalue weighted by Crippen LogP contribution is -2.01. The van der Waals surface area contributed by atoms with Gasteiger partial charge in [0.25, 0.3) is 0 Å². The van der Waals surface area contributed by atoms with Crippen molar-refractivity contribution in [3.63, 3.8) is 0 Å². The summed E-state index contributed by atoms with van der Waals surface area (Å²) in [4.78, 5) is 20.4. The van der Waals surface area contributed by atoms with Crippen LogP contribution in [-0.4, -0.2) is 24.5 Å². The summed E-state index contributed by atoms with van der Waals surface area (Å²) in [6.45, 7) is 0. The first kappa shape index (κ1) is 32.7. The molecule has 57 heavy (non-hydrogen) atoms. The van der Waals surface area contributed by atoms with Crippen LogP contribution in [0.4, 0.5) is 0 Å². The summed E-state index contributed by atoms with van der Waals surface area (Å²) in [5, 5.41) is 5.89. The molecule has 8 aromatic carbocycles. The molecule has 5 heteroatoms. The maximum absolute atomic E-state index is 5.15. The van der Waals surface area contributed by atoms with Crippen molar-refractivity contribution in [1.29, 1.82) is 0 Å². The van der Waals surface area contributed by atoms with Gasteiger partial charge in [-0.15, -0.1) is 0 Å². The molecular formula is C52H33N5. The highest BCUT2D eigenvalue weighted by Crippen LogP contribution is 2.39. The van der Waals surface area contributed by atoms with Gasteiger partial charge in [-0.05, 0) is 41.5 Å². The third-order valence-electron chi connectivity index (χ3n) is 10.8. The van der Waals surface area contributed by atoms with Gasteiger partial charge in [-0.2, -0.15) is 0 Å². The number of rotatable bonds is 6. The number of hydrogen-bond donors (Lipinski definition) is 0. The first-order valence-electron chi connectivity index (χ1n) is 19.1. The first-order valence-corrected chi connectivity index (χ1v) is 19.1. The Kier molecular flexibility index (Phi) is 7.74. The van der Waals surface area contributed by atoms with Crippen molar-refractivity contribution in [3.05, 3.63) is 200 Å². The van der Waals surface area contributed by atoms with Gasteiger partial charge in [0.05, 0.1) is 22.2 Å². The fourth-order valence-electron chi connectivity index (χ4n) is 8.19. The van der Waals surface area contributed by atoms with Crippen LogP contribution in [0.1, 0.15) is 0 Å². The van der Waals surface area contributed by atoms with Crippen LogP contribution in [0.25, 0.3) is 106 Å². The van der Waals surface area contributed by atoms with Crippen molar-refractivity contribution in [3.8, 4) is 62.2 Å². The average molecular weight is 728 g/mol. The summed E-state index contributed by atoms with van der Waals surface area (Å²) in [6, 6.07) is 69.7. The van der Waals surface area contributed by atoms with E-state index < -0.39 is 0 Å². The molecule has 0 radical (unpaired) electrons. The highest BCUT2D eigenvalue weighted by Gasteiger charge is 2.17. The SMILES string of the molecule is c1ccc(-c2nc(-c3ccc(-c4cccc5c(-c6ccccc6)nc6ccccc6c45)cc3)nc(-c3cccc(-n4c5ccccc5c5ccccc54)c3)n2)cc1. The van der Waals surface area contributed by atoms with Gasteiger partial charge in [-0.1, -0.05) is 170 Å². The summed E-state index contributed by atoms with van der Waals surface area (Å²) in [7, 11) is 0. The van der Waals surface area contributed by atoms with Gasteiger partial charge >= 0.3 is 0 Å². The third kappa shape index (κ3) is 5.64. The molecule has 0 atom stereocenters. The monoisotopic (exact) mass is 727 g/mol. The molecule has 266 valence electrons. The van der Waals surface area contributed by atoms with Gasteiger partial charge in [-0.25, -0.2) is 19.9 Å². The van der Waals surface area contributed by atoms with E-state index in [2.05, 4.69) is 168 Å². The predicted molar refractivity (Wildman–Crippen MR) is 234 cm³/mol. The fraction of sp³-hybridized carbons (Fsp3) is 0. The number of nitrogens with zero attached hydrogens (tertiary/aromatic N) is 5. The number of aromatic nitrogens is 5. The van der Waals surface area contributed by atoms with E-state index in [-0.39, 0.29) is 0 Å². The van der Waals surface area contributed by atoms with Gasteiger partial charge in [0.2, 0.25) is 0 Å². The predicted octanol–water partition coefficient (Wildman–Crippen LogP) is 13.0. The molecular weight excluding hydrogens is 695 g/mol. The molecule has 0 amide bonds. The van der Waals surface area contributed by atoms with E-state index in [0.717, 1.165) is 72.1 Å². The second-order valence-electron chi connectivity index (χ2n) is 14.2. The van der Waals surface area contributed by atoms with Crippen LogP contribution in [0, 0.1) is 0 Å². The summed E-state index contributed by atoms with van der Waals surface area (Å²) in [6.07, 6.45) is 0. The molecule has 0 bridgehead atoms. The van der Waals surface area contributed by atoms with Crippen molar-refractivity contribution < 1.29 is 0 Å². The molecule has 0 N–H and O–H groups in total. The van der Waals surface area contributed by atoms with Gasteiger partial charge < -0.3 is 4.57 Å². The molecule has 0 unspecified atom stereocenters. The third-order valence-corrected chi connectivity index (χ3v) is 10.8. The Balaban J connectivity index is 1.04. The molecule has 0 aliphatic heterocycles. The van der Waals surface area contributed by atoms with Crippen molar-refractivity contribution in [2.45, 2.75) is 0 Å². The standard InChI is InChI=1S/C52H33N5/c1-3-15-35(16-4-1)49-44-25-14-24-40(48(44)43-23-7-10-26-45(43)53-49)34-29-31-37(32-30-34)51-54-50(36-17-5-2-6-18-36)55-52(56-51)38-19-13-20-39(33-38)57-46-27-11-8-21-41(46)42-22-9-12-28-47(42)57/h1-33H. The quantitative estimate of drug-likeness (QED) is 0.160. The van der Waals surface area contributed by atoms with Crippen LogP contribution in [0.2, 0.25) is 0 Å². The van der Waals surface area contributed by atoms with Crippen LogP contribution in [-0.2, 0) is 0 Å². The molecule has 0 spiro atoms. The van der Waals surface area contributed by atoms with Gasteiger partial charge in [0, 0.05) is 54.9 Å². The molecule has 0 aliphatic rings. The average Bonchev–Trinajstić information content (AvgIpc) is 3.63. The molecule has 3 heterocycles. The molecule has 11 rings (SSSR count). The lowest BCUT2D eigenvalue weighted by Gasteiger charge is -2.14. The topological polar surface area (TPSA) is 56.5 Å². The zero-order chi connectivity index (χ0) is 37.7. The number of fused-ring (bicyclic) bond motifs is 6. The lowest BCUT2D eigenvalue weighted by molar-refractivity contribution is 1.07. The van der Waals surface area contributed by atoms with Gasteiger partial charge in [-0.3, -0.25) is 0 Å². The number of hydrogen-bond acceptors (Lipinski definition) is 4. The molecule has 5 nitrogen and oxygen atoms in total. The second-order valence-corrected chi connectivity index (χ2v) is 14.2. The minimum Gasteiger partial charge on any atom is -0.309 e. The Labute approximate surface area is 329 Å². The second kappa shape index (κ2) is 13.5. The molecule has 0 saturated heterocycles. The lowest BCUT2D eigenvalue weighted by atomic mass is 9.92. The van der Waals surface area contributed by atoms with Crippen molar-refractivity contribution in [2.75, 3.05) is 0 Å². The summed E-state index contributed by atoms with van der Waals surface area (Å²) in [5.41, 5.74) is 11.4. The first-order chi connectivity index (χ1) is 28.3. The van der Waals surface area contributed by atoms with Crippen LogP contribution in [0.3, 0.4) is 0 Å². The smallest absolute Gasteiger partial charge is 0.164 e. The van der Waals surface area contributed by atoms with E-state index in [1.807, 2.05) is 36.4 Å². The summed E-state index contributed by atoms with van der Waals surface area (Å²) in [5.74, 6) is 1.86. The van der Waals surface area contributed by atoms with E-state index in [0.29, 0.717) is 17.5 Å².